The third-order valence-corrected chi connectivity index (χ3v) is 7.25. The van der Waals surface area contributed by atoms with E-state index in [1.54, 1.807) is 0 Å². The fourth-order valence-corrected chi connectivity index (χ4v) is 6.01. The number of nitrogens with zero attached hydrogens (tertiary/aromatic N) is 1. The van der Waals surface area contributed by atoms with Crippen LogP contribution in [0.3, 0.4) is 0 Å². The third-order valence-electron chi connectivity index (χ3n) is 6.64. The summed E-state index contributed by atoms with van der Waals surface area (Å²) < 4.78 is 12.2. The van der Waals surface area contributed by atoms with Gasteiger partial charge >= 0.3 is 6.09 Å². The van der Waals surface area contributed by atoms with E-state index < -0.39 is 22.7 Å². The van der Waals surface area contributed by atoms with Crippen LogP contribution in [0.15, 0.2) is 60.7 Å². The van der Waals surface area contributed by atoms with Crippen molar-refractivity contribution in [3.8, 4) is 0 Å². The standard InChI is InChI=1S/C27H37NO4Si/c1-24(2,3)21-18-26(7,22(29)28(21)23(30)31-25(4,5)6)27(32-33,19-14-10-8-11-15-19)20-16-12-9-13-17-20/h8-17,21H,18H2,1-7,33H3/t21-,26-/m0/s1. The van der Waals surface area contributed by atoms with Crippen molar-refractivity contribution in [3.05, 3.63) is 71.8 Å². The van der Waals surface area contributed by atoms with Crippen LogP contribution in [-0.4, -0.2) is 39.0 Å². The molecular weight excluding hydrogens is 430 g/mol. The van der Waals surface area contributed by atoms with Crippen molar-refractivity contribution in [3.63, 3.8) is 0 Å². The van der Waals surface area contributed by atoms with Gasteiger partial charge < -0.3 is 9.16 Å². The summed E-state index contributed by atoms with van der Waals surface area (Å²) in [5.41, 5.74) is -1.29. The average Bonchev–Trinajstić information content (AvgIpc) is 3.02. The highest BCUT2D eigenvalue weighted by molar-refractivity contribution is 6.02. The van der Waals surface area contributed by atoms with Gasteiger partial charge in [0.1, 0.15) is 21.7 Å². The summed E-state index contributed by atoms with van der Waals surface area (Å²) in [5, 5.41) is 0. The van der Waals surface area contributed by atoms with Crippen LogP contribution < -0.4 is 0 Å². The Bertz CT molecular complexity index is 955. The number of rotatable bonds is 4. The second kappa shape index (κ2) is 8.73. The average molecular weight is 468 g/mol. The number of carbonyl (C=O) groups excluding carboxylic acids is 2. The lowest BCUT2D eigenvalue weighted by Gasteiger charge is -2.46. The van der Waals surface area contributed by atoms with E-state index in [9.17, 15) is 9.59 Å². The van der Waals surface area contributed by atoms with Gasteiger partial charge in [-0.05, 0) is 50.7 Å². The smallest absolute Gasteiger partial charge is 0.417 e. The molecule has 1 heterocycles. The summed E-state index contributed by atoms with van der Waals surface area (Å²) in [5.74, 6) is -0.264. The molecule has 0 N–H and O–H groups in total. The van der Waals surface area contributed by atoms with Gasteiger partial charge in [0.25, 0.3) is 0 Å². The summed E-state index contributed by atoms with van der Waals surface area (Å²) in [6, 6.07) is 19.4. The number of ether oxygens (including phenoxy) is 1. The largest absolute Gasteiger partial charge is 0.443 e. The minimum atomic E-state index is -1.03. The summed E-state index contributed by atoms with van der Waals surface area (Å²) in [7, 11) is 0.403. The van der Waals surface area contributed by atoms with E-state index in [1.807, 2.05) is 88.4 Å². The summed E-state index contributed by atoms with van der Waals surface area (Å²) >= 11 is 0. The Kier molecular flexibility index (Phi) is 6.66. The van der Waals surface area contributed by atoms with Crippen molar-refractivity contribution in [1.82, 2.24) is 4.90 Å². The molecule has 178 valence electrons. The first-order valence-corrected chi connectivity index (χ1v) is 12.3. The number of carbonyl (C=O) groups is 2. The van der Waals surface area contributed by atoms with Crippen molar-refractivity contribution in [2.75, 3.05) is 0 Å². The first kappa shape index (κ1) is 25.2. The van der Waals surface area contributed by atoms with Gasteiger partial charge in [-0.1, -0.05) is 81.4 Å². The Morgan fingerprint density at radius 2 is 1.39 bits per heavy atom. The van der Waals surface area contributed by atoms with E-state index in [0.717, 1.165) is 11.1 Å². The fraction of sp³-hybridized carbons (Fsp3) is 0.481. The third kappa shape index (κ3) is 4.38. The molecule has 2 amide bonds. The molecule has 1 aliphatic rings. The van der Waals surface area contributed by atoms with Gasteiger partial charge in [-0.25, -0.2) is 9.69 Å². The van der Waals surface area contributed by atoms with E-state index in [-0.39, 0.29) is 17.4 Å². The van der Waals surface area contributed by atoms with Crippen molar-refractivity contribution in [2.45, 2.75) is 72.1 Å². The van der Waals surface area contributed by atoms with Crippen LogP contribution in [0, 0.1) is 10.8 Å². The van der Waals surface area contributed by atoms with Crippen LogP contribution in [0.4, 0.5) is 4.79 Å². The Morgan fingerprint density at radius 1 is 0.939 bits per heavy atom. The van der Waals surface area contributed by atoms with E-state index in [1.165, 1.54) is 4.90 Å². The molecule has 5 nitrogen and oxygen atoms in total. The van der Waals surface area contributed by atoms with Gasteiger partial charge in [-0.3, -0.25) is 4.79 Å². The van der Waals surface area contributed by atoms with E-state index in [0.29, 0.717) is 16.9 Å². The fourth-order valence-electron chi connectivity index (χ4n) is 5.09. The molecule has 1 fully saturated rings. The molecule has 0 aromatic heterocycles. The molecular formula is C27H37NO4Si. The quantitative estimate of drug-likeness (QED) is 0.605. The van der Waals surface area contributed by atoms with Gasteiger partial charge in [0, 0.05) is 6.04 Å². The molecule has 2 aromatic carbocycles. The highest BCUT2D eigenvalue weighted by atomic mass is 28.2. The highest BCUT2D eigenvalue weighted by Gasteiger charge is 2.65. The topological polar surface area (TPSA) is 55.8 Å². The maximum absolute atomic E-state index is 14.3. The lowest BCUT2D eigenvalue weighted by molar-refractivity contribution is -0.144. The molecule has 3 rings (SSSR count). The molecule has 1 saturated heterocycles. The van der Waals surface area contributed by atoms with Crippen LogP contribution >= 0.6 is 0 Å². The molecule has 33 heavy (non-hydrogen) atoms. The van der Waals surface area contributed by atoms with Crippen molar-refractivity contribution in [1.29, 1.82) is 0 Å². The zero-order chi connectivity index (χ0) is 24.7. The minimum Gasteiger partial charge on any atom is -0.443 e. The Balaban J connectivity index is 2.26. The number of imide groups is 1. The van der Waals surface area contributed by atoms with Crippen molar-refractivity contribution < 1.29 is 18.8 Å². The Hall–Kier alpha value is -2.44. The molecule has 2 aromatic rings. The van der Waals surface area contributed by atoms with Gasteiger partial charge in [-0.15, -0.1) is 0 Å². The van der Waals surface area contributed by atoms with Gasteiger partial charge in [0.2, 0.25) is 5.91 Å². The van der Waals surface area contributed by atoms with Gasteiger partial charge in [0.05, 0.1) is 5.41 Å². The number of hydrogen-bond donors (Lipinski definition) is 0. The van der Waals surface area contributed by atoms with Gasteiger partial charge in [-0.2, -0.15) is 0 Å². The summed E-state index contributed by atoms with van der Waals surface area (Å²) in [6.07, 6.45) is -0.139. The first-order chi connectivity index (χ1) is 15.3. The zero-order valence-electron chi connectivity index (χ0n) is 21.1. The summed E-state index contributed by atoms with van der Waals surface area (Å²) in [4.78, 5) is 29.0. The van der Waals surface area contributed by atoms with Crippen molar-refractivity contribution in [2.24, 2.45) is 10.8 Å². The van der Waals surface area contributed by atoms with Crippen LogP contribution in [0.2, 0.25) is 0 Å². The molecule has 0 saturated carbocycles. The number of amides is 2. The lowest BCUT2D eigenvalue weighted by atomic mass is 9.63. The Labute approximate surface area is 201 Å². The maximum Gasteiger partial charge on any atom is 0.417 e. The molecule has 1 aliphatic heterocycles. The number of likely N-dealkylation sites (tertiary alicyclic amines) is 1. The Morgan fingerprint density at radius 3 is 1.76 bits per heavy atom. The van der Waals surface area contributed by atoms with E-state index >= 15 is 0 Å². The van der Waals surface area contributed by atoms with Crippen LogP contribution in [0.1, 0.15) is 66.0 Å². The monoisotopic (exact) mass is 467 g/mol. The SMILES string of the molecule is CC(C)(C)OC(=O)N1C(=O)[C@@](C)(C(O[SiH3])(c2ccccc2)c2ccccc2)C[C@H]1C(C)(C)C. The van der Waals surface area contributed by atoms with Crippen LogP contribution in [0.5, 0.6) is 0 Å². The predicted molar refractivity (Wildman–Crippen MR) is 134 cm³/mol. The first-order valence-electron chi connectivity index (χ1n) is 11.5. The second-order valence-corrected chi connectivity index (χ2v) is 11.6. The highest BCUT2D eigenvalue weighted by Crippen LogP contribution is 2.57. The maximum atomic E-state index is 14.3. The molecule has 2 atom stereocenters. The molecule has 0 aliphatic carbocycles. The molecule has 6 heteroatoms. The molecule has 0 bridgehead atoms. The molecule has 0 radical (unpaired) electrons. The van der Waals surface area contributed by atoms with Crippen LogP contribution in [-0.2, 0) is 19.6 Å². The zero-order valence-corrected chi connectivity index (χ0v) is 23.1. The predicted octanol–water partition coefficient (Wildman–Crippen LogP) is 4.82. The van der Waals surface area contributed by atoms with E-state index in [4.69, 9.17) is 9.16 Å². The van der Waals surface area contributed by atoms with E-state index in [2.05, 4.69) is 20.8 Å². The number of benzene rings is 2. The van der Waals surface area contributed by atoms with Crippen LogP contribution in [0.25, 0.3) is 0 Å². The van der Waals surface area contributed by atoms with Crippen molar-refractivity contribution >= 4 is 22.5 Å². The number of hydrogen-bond acceptors (Lipinski definition) is 4. The summed E-state index contributed by atoms with van der Waals surface area (Å²) in [6.45, 7) is 13.6. The molecule has 0 unspecified atom stereocenters. The minimum absolute atomic E-state index is 0.264. The second-order valence-electron chi connectivity index (χ2n) is 11.2. The lowest BCUT2D eigenvalue weighted by Crippen LogP contribution is -2.53. The normalized spacial score (nSPS) is 22.0. The molecule has 0 spiro atoms. The van der Waals surface area contributed by atoms with Gasteiger partial charge in [0.15, 0.2) is 0 Å².